The molecule has 0 radical (unpaired) electrons. The third-order valence-electron chi connectivity index (χ3n) is 2.45. The second-order valence-electron chi connectivity index (χ2n) is 3.87. The van der Waals surface area contributed by atoms with Crippen LogP contribution in [0.25, 0.3) is 0 Å². The maximum atomic E-state index is 9.73. The molecule has 0 bridgehead atoms. The summed E-state index contributed by atoms with van der Waals surface area (Å²) < 4.78 is 6.60. The van der Waals surface area contributed by atoms with Crippen molar-refractivity contribution in [2.45, 2.75) is 13.5 Å². The van der Waals surface area contributed by atoms with E-state index in [4.69, 9.17) is 4.74 Å². The third kappa shape index (κ3) is 3.24. The summed E-state index contributed by atoms with van der Waals surface area (Å²) in [7, 11) is 0. The number of phenolic OH excluding ortho intramolecular Hbond substituents is 1. The highest BCUT2D eigenvalue weighted by Crippen LogP contribution is 2.22. The summed E-state index contributed by atoms with van der Waals surface area (Å²) in [6.45, 7) is 2.31. The quantitative estimate of drug-likeness (QED) is 0.925. The topological polar surface area (TPSA) is 29.5 Å². The van der Waals surface area contributed by atoms with Gasteiger partial charge in [0.25, 0.3) is 0 Å². The molecule has 0 fully saturated rings. The van der Waals surface area contributed by atoms with Crippen molar-refractivity contribution in [1.82, 2.24) is 0 Å². The van der Waals surface area contributed by atoms with Gasteiger partial charge in [-0.05, 0) is 42.8 Å². The monoisotopic (exact) mass is 292 g/mol. The number of halogens is 1. The first kappa shape index (κ1) is 12.0. The van der Waals surface area contributed by atoms with Gasteiger partial charge in [-0.2, -0.15) is 0 Å². The van der Waals surface area contributed by atoms with E-state index in [9.17, 15) is 5.11 Å². The van der Waals surface area contributed by atoms with Crippen molar-refractivity contribution in [2.75, 3.05) is 0 Å². The molecule has 2 aromatic rings. The minimum Gasteiger partial charge on any atom is -0.508 e. The molecular weight excluding hydrogens is 280 g/mol. The molecule has 0 saturated heterocycles. The Bertz CT molecular complexity index is 506. The Labute approximate surface area is 109 Å². The Morgan fingerprint density at radius 3 is 2.47 bits per heavy atom. The molecule has 0 saturated carbocycles. The number of ether oxygens (including phenoxy) is 1. The molecule has 0 heterocycles. The Kier molecular flexibility index (Phi) is 3.69. The van der Waals surface area contributed by atoms with Crippen LogP contribution in [-0.2, 0) is 6.61 Å². The van der Waals surface area contributed by atoms with Crippen molar-refractivity contribution in [3.63, 3.8) is 0 Å². The van der Waals surface area contributed by atoms with E-state index in [-0.39, 0.29) is 5.75 Å². The summed E-state index contributed by atoms with van der Waals surface area (Å²) in [5, 5.41) is 9.73. The van der Waals surface area contributed by atoms with Crippen molar-refractivity contribution in [3.05, 3.63) is 58.1 Å². The standard InChI is InChI=1S/C14H13BrO2/c1-10-2-3-11(14(16)8-10)9-17-13-6-4-12(15)5-7-13/h2-8,16H,9H2,1H3. The molecule has 2 aromatic carbocycles. The van der Waals surface area contributed by atoms with Gasteiger partial charge in [0.2, 0.25) is 0 Å². The summed E-state index contributed by atoms with van der Waals surface area (Å²) in [5.74, 6) is 1.07. The van der Waals surface area contributed by atoms with Crippen LogP contribution in [0.5, 0.6) is 11.5 Å². The van der Waals surface area contributed by atoms with E-state index in [1.54, 1.807) is 6.07 Å². The lowest BCUT2D eigenvalue weighted by molar-refractivity contribution is 0.299. The van der Waals surface area contributed by atoms with E-state index in [0.717, 1.165) is 21.3 Å². The predicted molar refractivity (Wildman–Crippen MR) is 71.3 cm³/mol. The molecule has 2 nitrogen and oxygen atoms in total. The first-order valence-electron chi connectivity index (χ1n) is 5.32. The number of benzene rings is 2. The van der Waals surface area contributed by atoms with Gasteiger partial charge in [-0.15, -0.1) is 0 Å². The number of aryl methyl sites for hydroxylation is 1. The first-order valence-corrected chi connectivity index (χ1v) is 6.11. The van der Waals surface area contributed by atoms with Crippen LogP contribution >= 0.6 is 15.9 Å². The first-order chi connectivity index (χ1) is 8.15. The molecular formula is C14H13BrO2. The molecule has 0 aliphatic heterocycles. The van der Waals surface area contributed by atoms with Gasteiger partial charge >= 0.3 is 0 Å². The Hall–Kier alpha value is -1.48. The van der Waals surface area contributed by atoms with Crippen LogP contribution in [0.1, 0.15) is 11.1 Å². The highest BCUT2D eigenvalue weighted by Gasteiger charge is 2.02. The zero-order chi connectivity index (χ0) is 12.3. The summed E-state index contributed by atoms with van der Waals surface area (Å²) in [5.41, 5.74) is 1.83. The SMILES string of the molecule is Cc1ccc(COc2ccc(Br)cc2)c(O)c1. The molecule has 1 N–H and O–H groups in total. The fourth-order valence-corrected chi connectivity index (χ4v) is 1.75. The van der Waals surface area contributed by atoms with Crippen molar-refractivity contribution in [2.24, 2.45) is 0 Å². The van der Waals surface area contributed by atoms with Crippen molar-refractivity contribution in [3.8, 4) is 11.5 Å². The minimum absolute atomic E-state index is 0.280. The van der Waals surface area contributed by atoms with Gasteiger partial charge in [-0.3, -0.25) is 0 Å². The molecule has 3 heteroatoms. The van der Waals surface area contributed by atoms with Crippen LogP contribution in [0.4, 0.5) is 0 Å². The van der Waals surface area contributed by atoms with Crippen LogP contribution in [0, 0.1) is 6.92 Å². The summed E-state index contributed by atoms with van der Waals surface area (Å²) in [4.78, 5) is 0. The maximum Gasteiger partial charge on any atom is 0.122 e. The molecule has 0 atom stereocenters. The second kappa shape index (κ2) is 5.23. The average molecular weight is 293 g/mol. The van der Waals surface area contributed by atoms with E-state index < -0.39 is 0 Å². The van der Waals surface area contributed by atoms with Crippen LogP contribution in [-0.4, -0.2) is 5.11 Å². The summed E-state index contributed by atoms with van der Waals surface area (Å²) in [6.07, 6.45) is 0. The zero-order valence-corrected chi connectivity index (χ0v) is 11.1. The molecule has 0 spiro atoms. The van der Waals surface area contributed by atoms with Crippen molar-refractivity contribution in [1.29, 1.82) is 0 Å². The molecule has 0 aromatic heterocycles. The van der Waals surface area contributed by atoms with E-state index in [1.807, 2.05) is 43.3 Å². The second-order valence-corrected chi connectivity index (χ2v) is 4.79. The summed E-state index contributed by atoms with van der Waals surface area (Å²) in [6, 6.07) is 13.2. The van der Waals surface area contributed by atoms with Gasteiger partial charge in [0, 0.05) is 10.0 Å². The number of phenols is 1. The van der Waals surface area contributed by atoms with E-state index in [1.165, 1.54) is 0 Å². The van der Waals surface area contributed by atoms with Gasteiger partial charge in [-0.1, -0.05) is 28.1 Å². The van der Waals surface area contributed by atoms with Crippen molar-refractivity contribution < 1.29 is 9.84 Å². The molecule has 0 amide bonds. The third-order valence-corrected chi connectivity index (χ3v) is 2.98. The van der Waals surface area contributed by atoms with E-state index >= 15 is 0 Å². The van der Waals surface area contributed by atoms with E-state index in [0.29, 0.717) is 6.61 Å². The lowest BCUT2D eigenvalue weighted by Gasteiger charge is -2.08. The van der Waals surface area contributed by atoms with E-state index in [2.05, 4.69) is 15.9 Å². The molecule has 17 heavy (non-hydrogen) atoms. The van der Waals surface area contributed by atoms with Crippen LogP contribution < -0.4 is 4.74 Å². The Morgan fingerprint density at radius 2 is 1.82 bits per heavy atom. The number of hydrogen-bond acceptors (Lipinski definition) is 2. The molecule has 0 aliphatic rings. The highest BCUT2D eigenvalue weighted by atomic mass is 79.9. The smallest absolute Gasteiger partial charge is 0.122 e. The van der Waals surface area contributed by atoms with Crippen molar-refractivity contribution >= 4 is 15.9 Å². The van der Waals surface area contributed by atoms with Crippen LogP contribution in [0.3, 0.4) is 0 Å². The Balaban J connectivity index is 2.04. The average Bonchev–Trinajstić information content (AvgIpc) is 2.30. The highest BCUT2D eigenvalue weighted by molar-refractivity contribution is 9.10. The largest absolute Gasteiger partial charge is 0.508 e. The fraction of sp³-hybridized carbons (Fsp3) is 0.143. The van der Waals surface area contributed by atoms with Crippen LogP contribution in [0.2, 0.25) is 0 Å². The molecule has 0 aliphatic carbocycles. The molecule has 2 rings (SSSR count). The lowest BCUT2D eigenvalue weighted by atomic mass is 10.1. The lowest BCUT2D eigenvalue weighted by Crippen LogP contribution is -1.95. The van der Waals surface area contributed by atoms with Gasteiger partial charge in [0.15, 0.2) is 0 Å². The minimum atomic E-state index is 0.280. The Morgan fingerprint density at radius 1 is 1.12 bits per heavy atom. The van der Waals surface area contributed by atoms with Crippen LogP contribution in [0.15, 0.2) is 46.9 Å². The van der Waals surface area contributed by atoms with Gasteiger partial charge in [-0.25, -0.2) is 0 Å². The van der Waals surface area contributed by atoms with Gasteiger partial charge in [0.05, 0.1) is 0 Å². The summed E-state index contributed by atoms with van der Waals surface area (Å²) >= 11 is 3.37. The number of aromatic hydroxyl groups is 1. The number of hydrogen-bond donors (Lipinski definition) is 1. The van der Waals surface area contributed by atoms with Gasteiger partial charge < -0.3 is 9.84 Å². The molecule has 88 valence electrons. The predicted octanol–water partition coefficient (Wildman–Crippen LogP) is 4.04. The molecule has 0 unspecified atom stereocenters. The fourth-order valence-electron chi connectivity index (χ4n) is 1.49. The normalized spacial score (nSPS) is 10.2. The number of rotatable bonds is 3. The maximum absolute atomic E-state index is 9.73. The van der Waals surface area contributed by atoms with Gasteiger partial charge in [0.1, 0.15) is 18.1 Å². The zero-order valence-electron chi connectivity index (χ0n) is 9.48.